The largest absolute Gasteiger partial charge is 0.382 e. The SMILES string of the molecule is O=[N+]([O-])c1ccc(OS(=O)(=O)CCCCC(Cl)(Cl)Cl)cc1. The zero-order chi connectivity index (χ0) is 16.1. The second kappa shape index (κ2) is 7.49. The molecule has 0 N–H and O–H groups in total. The summed E-state index contributed by atoms with van der Waals surface area (Å²) >= 11 is 16.6. The molecule has 0 unspecified atom stereocenters. The number of hydrogen-bond donors (Lipinski definition) is 0. The van der Waals surface area contributed by atoms with Gasteiger partial charge in [-0.25, -0.2) is 0 Å². The maximum absolute atomic E-state index is 11.7. The molecule has 0 amide bonds. The van der Waals surface area contributed by atoms with E-state index in [1.165, 1.54) is 12.1 Å². The van der Waals surface area contributed by atoms with Gasteiger partial charge in [0.25, 0.3) is 5.69 Å². The number of non-ortho nitro benzene ring substituents is 1. The van der Waals surface area contributed by atoms with Crippen LogP contribution in [0.4, 0.5) is 5.69 Å². The minimum Gasteiger partial charge on any atom is -0.382 e. The zero-order valence-electron chi connectivity index (χ0n) is 10.7. The number of nitrogens with zero attached hydrogens (tertiary/aromatic N) is 1. The highest BCUT2D eigenvalue weighted by Crippen LogP contribution is 2.31. The Kier molecular flexibility index (Phi) is 6.52. The molecule has 1 rings (SSSR count). The second-order valence-electron chi connectivity index (χ2n) is 4.17. The smallest absolute Gasteiger partial charge is 0.309 e. The number of benzene rings is 1. The van der Waals surface area contributed by atoms with E-state index in [0.717, 1.165) is 12.1 Å². The van der Waals surface area contributed by atoms with Crippen molar-refractivity contribution in [2.24, 2.45) is 0 Å². The third-order valence-corrected chi connectivity index (χ3v) is 4.18. The first-order chi connectivity index (χ1) is 9.59. The van der Waals surface area contributed by atoms with Crippen LogP contribution in [-0.4, -0.2) is 22.9 Å². The summed E-state index contributed by atoms with van der Waals surface area (Å²) in [4.78, 5) is 9.88. The van der Waals surface area contributed by atoms with E-state index in [0.29, 0.717) is 6.42 Å². The molecule has 0 fully saturated rings. The average Bonchev–Trinajstić information content (AvgIpc) is 2.34. The molecular formula is C11H12Cl3NO5S. The summed E-state index contributed by atoms with van der Waals surface area (Å²) in [6.45, 7) is 0. The van der Waals surface area contributed by atoms with Crippen molar-refractivity contribution in [1.82, 2.24) is 0 Å². The molecule has 0 bridgehead atoms. The fraction of sp³-hybridized carbons (Fsp3) is 0.455. The van der Waals surface area contributed by atoms with Gasteiger partial charge in [-0.1, -0.05) is 34.8 Å². The Balaban J connectivity index is 2.50. The lowest BCUT2D eigenvalue weighted by Crippen LogP contribution is -2.14. The number of nitro groups is 1. The topological polar surface area (TPSA) is 86.5 Å². The quantitative estimate of drug-likeness (QED) is 0.237. The van der Waals surface area contributed by atoms with Crippen LogP contribution < -0.4 is 4.18 Å². The molecule has 0 saturated carbocycles. The molecule has 0 radical (unpaired) electrons. The van der Waals surface area contributed by atoms with Gasteiger partial charge in [-0.05, 0) is 31.4 Å². The van der Waals surface area contributed by atoms with Gasteiger partial charge in [0.1, 0.15) is 5.75 Å². The van der Waals surface area contributed by atoms with Crippen molar-refractivity contribution in [3.05, 3.63) is 34.4 Å². The first-order valence-corrected chi connectivity index (χ1v) is 8.53. The zero-order valence-corrected chi connectivity index (χ0v) is 13.8. The van der Waals surface area contributed by atoms with Crippen LogP contribution >= 0.6 is 34.8 Å². The number of nitro benzene ring substituents is 1. The monoisotopic (exact) mass is 375 g/mol. The summed E-state index contributed by atoms with van der Waals surface area (Å²) < 4.78 is 26.8. The van der Waals surface area contributed by atoms with E-state index in [1.807, 2.05) is 0 Å². The van der Waals surface area contributed by atoms with Gasteiger partial charge in [0, 0.05) is 12.1 Å². The molecule has 0 spiro atoms. The number of rotatable bonds is 7. The van der Waals surface area contributed by atoms with E-state index in [9.17, 15) is 18.5 Å². The van der Waals surface area contributed by atoms with Gasteiger partial charge in [-0.2, -0.15) is 8.42 Å². The van der Waals surface area contributed by atoms with Crippen LogP contribution in [0.5, 0.6) is 5.75 Å². The van der Waals surface area contributed by atoms with Crippen molar-refractivity contribution in [2.75, 3.05) is 5.75 Å². The lowest BCUT2D eigenvalue weighted by molar-refractivity contribution is -0.384. The summed E-state index contributed by atoms with van der Waals surface area (Å²) in [5, 5.41) is 10.5. The van der Waals surface area contributed by atoms with Gasteiger partial charge < -0.3 is 4.18 Å². The Labute approximate surface area is 137 Å². The predicted molar refractivity (Wildman–Crippen MR) is 81.7 cm³/mol. The Hall–Kier alpha value is -0.760. The highest BCUT2D eigenvalue weighted by Gasteiger charge is 2.20. The molecule has 1 aromatic carbocycles. The lowest BCUT2D eigenvalue weighted by Gasteiger charge is -2.10. The van der Waals surface area contributed by atoms with Crippen molar-refractivity contribution in [3.63, 3.8) is 0 Å². The maximum atomic E-state index is 11.7. The second-order valence-corrected chi connectivity index (χ2v) is 8.37. The van der Waals surface area contributed by atoms with Crippen molar-refractivity contribution in [2.45, 2.75) is 23.1 Å². The average molecular weight is 377 g/mol. The molecular weight excluding hydrogens is 365 g/mol. The van der Waals surface area contributed by atoms with Crippen LogP contribution in [-0.2, 0) is 10.1 Å². The maximum Gasteiger partial charge on any atom is 0.309 e. The molecule has 21 heavy (non-hydrogen) atoms. The molecule has 10 heteroatoms. The normalized spacial score (nSPS) is 12.1. The van der Waals surface area contributed by atoms with E-state index in [1.54, 1.807) is 0 Å². The molecule has 6 nitrogen and oxygen atoms in total. The summed E-state index contributed by atoms with van der Waals surface area (Å²) in [5.41, 5.74) is -0.151. The highest BCUT2D eigenvalue weighted by atomic mass is 35.6. The standard InChI is InChI=1S/C11H12Cl3NO5S/c12-11(13,14)7-1-2-8-21(18,19)20-10-5-3-9(4-6-10)15(16)17/h3-6H,1-2,7-8H2. The predicted octanol–water partition coefficient (Wildman–Crippen LogP) is 3.84. The van der Waals surface area contributed by atoms with Gasteiger partial charge in [0.05, 0.1) is 10.7 Å². The van der Waals surface area contributed by atoms with E-state index in [4.69, 9.17) is 39.0 Å². The lowest BCUT2D eigenvalue weighted by atomic mass is 10.3. The summed E-state index contributed by atoms with van der Waals surface area (Å²) in [5.74, 6) is -0.216. The van der Waals surface area contributed by atoms with Crippen molar-refractivity contribution in [1.29, 1.82) is 0 Å². The third-order valence-electron chi connectivity index (χ3n) is 2.38. The van der Waals surface area contributed by atoms with Crippen LogP contribution in [0.25, 0.3) is 0 Å². The van der Waals surface area contributed by atoms with Gasteiger partial charge in [-0.3, -0.25) is 10.1 Å². The molecule has 118 valence electrons. The Morgan fingerprint density at radius 2 is 1.71 bits per heavy atom. The molecule has 0 aliphatic rings. The molecule has 0 aliphatic heterocycles. The first-order valence-electron chi connectivity index (χ1n) is 5.82. The molecule has 0 aliphatic carbocycles. The van der Waals surface area contributed by atoms with Crippen LogP contribution in [0.2, 0.25) is 0 Å². The number of hydrogen-bond acceptors (Lipinski definition) is 5. The minimum absolute atomic E-state index is 0.0157. The molecule has 0 heterocycles. The number of alkyl halides is 3. The van der Waals surface area contributed by atoms with Gasteiger partial charge in [-0.15, -0.1) is 0 Å². The molecule has 0 aromatic heterocycles. The van der Waals surface area contributed by atoms with E-state index in [2.05, 4.69) is 0 Å². The molecule has 1 aromatic rings. The van der Waals surface area contributed by atoms with Crippen molar-refractivity contribution < 1.29 is 17.5 Å². The van der Waals surface area contributed by atoms with Crippen LogP contribution in [0, 0.1) is 10.1 Å². The van der Waals surface area contributed by atoms with Gasteiger partial charge in [0.15, 0.2) is 3.79 Å². The Morgan fingerprint density at radius 3 is 2.19 bits per heavy atom. The van der Waals surface area contributed by atoms with Crippen LogP contribution in [0.15, 0.2) is 24.3 Å². The number of unbranched alkanes of at least 4 members (excludes halogenated alkanes) is 1. The van der Waals surface area contributed by atoms with Crippen molar-refractivity contribution >= 4 is 50.6 Å². The fourth-order valence-electron chi connectivity index (χ4n) is 1.42. The Morgan fingerprint density at radius 1 is 1.14 bits per heavy atom. The fourth-order valence-corrected chi connectivity index (χ4v) is 2.86. The third kappa shape index (κ3) is 7.71. The Bertz CT molecular complexity index is 583. The van der Waals surface area contributed by atoms with Gasteiger partial charge >= 0.3 is 10.1 Å². The van der Waals surface area contributed by atoms with Crippen molar-refractivity contribution in [3.8, 4) is 5.75 Å². The first kappa shape index (κ1) is 18.3. The minimum atomic E-state index is -3.78. The number of halogens is 3. The summed E-state index contributed by atoms with van der Waals surface area (Å²) in [6.07, 6.45) is 0.938. The van der Waals surface area contributed by atoms with Gasteiger partial charge in [0.2, 0.25) is 0 Å². The summed E-state index contributed by atoms with van der Waals surface area (Å²) in [6, 6.07) is 4.76. The van der Waals surface area contributed by atoms with E-state index < -0.39 is 18.8 Å². The molecule has 0 atom stereocenters. The highest BCUT2D eigenvalue weighted by molar-refractivity contribution is 7.87. The van der Waals surface area contributed by atoms with Crippen LogP contribution in [0.1, 0.15) is 19.3 Å². The van der Waals surface area contributed by atoms with Crippen LogP contribution in [0.3, 0.4) is 0 Å². The molecule has 0 saturated heterocycles. The summed E-state index contributed by atoms with van der Waals surface area (Å²) in [7, 11) is -3.78. The van der Waals surface area contributed by atoms with E-state index in [-0.39, 0.29) is 30.0 Å². The van der Waals surface area contributed by atoms with E-state index >= 15 is 0 Å².